The van der Waals surface area contributed by atoms with Gasteiger partial charge in [-0.1, -0.05) is 190 Å². The van der Waals surface area contributed by atoms with E-state index in [0.29, 0.717) is 6.42 Å². The van der Waals surface area contributed by atoms with E-state index in [2.05, 4.69) is 24.4 Å². The number of carbonyl (C=O) groups excluding carboxylic acids is 4. The maximum atomic E-state index is 13.6. The summed E-state index contributed by atoms with van der Waals surface area (Å²) >= 11 is 0. The smallest absolute Gasteiger partial charge is 0.408 e. The summed E-state index contributed by atoms with van der Waals surface area (Å²) in [6.45, 7) is 8.49. The molecule has 2 unspecified atom stereocenters. The Morgan fingerprint density at radius 1 is 0.617 bits per heavy atom. The minimum absolute atomic E-state index is 0.00637. The van der Waals surface area contributed by atoms with Crippen molar-refractivity contribution in [2.45, 2.75) is 162 Å². The van der Waals surface area contributed by atoms with Crippen LogP contribution in [0.1, 0.15) is 160 Å². The molecule has 0 aliphatic heterocycles. The fraction of sp³-hybridized carbons (Fsp3) is 0.569. The van der Waals surface area contributed by atoms with E-state index < -0.39 is 48.2 Å². The lowest BCUT2D eigenvalue weighted by atomic mass is 9.92. The van der Waals surface area contributed by atoms with Crippen molar-refractivity contribution in [1.29, 1.82) is 0 Å². The predicted octanol–water partition coefficient (Wildman–Crippen LogP) is 12.0. The molecule has 0 bridgehead atoms. The third-order valence-corrected chi connectivity index (χ3v) is 11.6. The Kier molecular flexibility index (Phi) is 20.7. The first-order valence-electron chi connectivity index (χ1n) is 22.7. The Bertz CT molecular complexity index is 1710. The average Bonchev–Trinajstić information content (AvgIpc) is 3.59. The quantitative estimate of drug-likeness (QED) is 0.0437. The zero-order chi connectivity index (χ0) is 43.2. The molecule has 4 rings (SSSR count). The van der Waals surface area contributed by atoms with Crippen molar-refractivity contribution in [2.75, 3.05) is 13.2 Å². The van der Waals surface area contributed by atoms with Gasteiger partial charge in [0.15, 0.2) is 0 Å². The molecule has 0 saturated carbocycles. The second-order valence-corrected chi connectivity index (χ2v) is 17.2. The Labute approximate surface area is 359 Å². The number of carbonyl (C=O) groups is 4. The fourth-order valence-electron chi connectivity index (χ4n) is 7.93. The van der Waals surface area contributed by atoms with Crippen LogP contribution in [0.5, 0.6) is 0 Å². The highest BCUT2D eigenvalue weighted by atomic mass is 16.6. The molecule has 1 amide bonds. The molecule has 60 heavy (non-hydrogen) atoms. The number of amides is 1. The van der Waals surface area contributed by atoms with Gasteiger partial charge in [0.05, 0.1) is 0 Å². The van der Waals surface area contributed by atoms with Gasteiger partial charge in [-0.3, -0.25) is 9.59 Å². The second kappa shape index (κ2) is 25.8. The van der Waals surface area contributed by atoms with Crippen LogP contribution in [0.25, 0.3) is 11.1 Å². The number of fused-ring (bicyclic) bond motifs is 3. The molecule has 3 aromatic carbocycles. The van der Waals surface area contributed by atoms with Crippen molar-refractivity contribution < 1.29 is 38.1 Å². The topological polar surface area (TPSA) is 117 Å². The van der Waals surface area contributed by atoms with Crippen molar-refractivity contribution in [1.82, 2.24) is 5.32 Å². The van der Waals surface area contributed by atoms with Gasteiger partial charge in [0.1, 0.15) is 37.4 Å². The van der Waals surface area contributed by atoms with Gasteiger partial charge < -0.3 is 24.3 Å². The van der Waals surface area contributed by atoms with E-state index in [-0.39, 0.29) is 31.5 Å². The molecule has 0 spiro atoms. The van der Waals surface area contributed by atoms with Gasteiger partial charge in [-0.2, -0.15) is 0 Å². The maximum absolute atomic E-state index is 13.6. The summed E-state index contributed by atoms with van der Waals surface area (Å²) in [5.41, 5.74) is 3.67. The van der Waals surface area contributed by atoms with Crippen molar-refractivity contribution >= 4 is 24.0 Å². The molecular formula is C51H71NO8. The number of ether oxygens (including phenoxy) is 4. The molecule has 0 radical (unpaired) electrons. The number of hydrogen-bond donors (Lipinski definition) is 1. The van der Waals surface area contributed by atoms with Crippen LogP contribution >= 0.6 is 0 Å². The van der Waals surface area contributed by atoms with Crippen LogP contribution in [0, 0.1) is 11.3 Å². The number of nitrogens with one attached hydrogen (secondary N) is 1. The molecule has 1 aliphatic carbocycles. The minimum atomic E-state index is -1.49. The van der Waals surface area contributed by atoms with Gasteiger partial charge in [0.2, 0.25) is 0 Å². The summed E-state index contributed by atoms with van der Waals surface area (Å²) in [4.78, 5) is 53.4. The number of benzene rings is 3. The molecule has 0 saturated heterocycles. The van der Waals surface area contributed by atoms with E-state index in [0.717, 1.165) is 47.1 Å². The molecule has 328 valence electrons. The van der Waals surface area contributed by atoms with Crippen LogP contribution in [-0.2, 0) is 39.9 Å². The lowest BCUT2D eigenvalue weighted by Gasteiger charge is -2.29. The van der Waals surface area contributed by atoms with E-state index >= 15 is 0 Å². The number of esters is 3. The number of unbranched alkanes of at least 4 members (excludes halogenated alkanes) is 14. The Morgan fingerprint density at radius 2 is 1.10 bits per heavy atom. The zero-order valence-corrected chi connectivity index (χ0v) is 37.0. The molecule has 0 heterocycles. The molecule has 9 heteroatoms. The second-order valence-electron chi connectivity index (χ2n) is 17.2. The predicted molar refractivity (Wildman–Crippen MR) is 237 cm³/mol. The molecular weight excluding hydrogens is 755 g/mol. The Morgan fingerprint density at radius 3 is 1.63 bits per heavy atom. The largest absolute Gasteiger partial charge is 0.464 e. The van der Waals surface area contributed by atoms with Gasteiger partial charge in [0.25, 0.3) is 0 Å². The van der Waals surface area contributed by atoms with Gasteiger partial charge in [-0.15, -0.1) is 0 Å². The monoisotopic (exact) mass is 826 g/mol. The zero-order valence-electron chi connectivity index (χ0n) is 37.0. The first-order chi connectivity index (χ1) is 29.0. The number of rotatable bonds is 28. The first-order valence-corrected chi connectivity index (χ1v) is 22.7. The summed E-state index contributed by atoms with van der Waals surface area (Å²) in [6, 6.07) is 24.4. The summed E-state index contributed by atoms with van der Waals surface area (Å²) < 4.78 is 22.9. The number of alkyl carbamates (subject to hydrolysis) is 1. The first kappa shape index (κ1) is 48.0. The normalized spacial score (nSPS) is 14.0. The van der Waals surface area contributed by atoms with E-state index in [1.807, 2.05) is 73.7 Å². The van der Waals surface area contributed by atoms with Crippen LogP contribution in [0.2, 0.25) is 0 Å². The molecule has 1 aliphatic rings. The van der Waals surface area contributed by atoms with Crippen LogP contribution in [-0.4, -0.2) is 49.4 Å². The molecule has 3 aromatic rings. The van der Waals surface area contributed by atoms with Crippen LogP contribution in [0.3, 0.4) is 0 Å². The van der Waals surface area contributed by atoms with Crippen LogP contribution < -0.4 is 5.32 Å². The molecule has 1 N–H and O–H groups in total. The standard InChI is InChI=1S/C51H71NO8/c1-6-7-8-9-10-11-12-13-14-15-16-17-18-19-23-34-45(53)58-36-51(5,49(55)57-35-40-28-21-20-22-29-40)37-59-48(54)47(38(2)3)52-50(56)60-39(4)46-43-32-26-24-30-41(43)42-31-25-27-33-44(42)46/h20-22,24-33,38-39,46-47H,6-19,23,34-37H2,1-5H3,(H,52,56)/t39?,47-,51?/m0/s1. The minimum Gasteiger partial charge on any atom is -0.464 e. The van der Waals surface area contributed by atoms with E-state index in [4.69, 9.17) is 18.9 Å². The van der Waals surface area contributed by atoms with E-state index in [1.54, 1.807) is 20.8 Å². The lowest BCUT2D eigenvalue weighted by Crippen LogP contribution is -2.48. The van der Waals surface area contributed by atoms with Gasteiger partial charge in [-0.05, 0) is 54.0 Å². The summed E-state index contributed by atoms with van der Waals surface area (Å²) in [5.74, 6) is -2.35. The fourth-order valence-corrected chi connectivity index (χ4v) is 7.93. The van der Waals surface area contributed by atoms with Crippen LogP contribution in [0.15, 0.2) is 78.9 Å². The Hall–Kier alpha value is -4.66. The van der Waals surface area contributed by atoms with Crippen molar-refractivity contribution in [3.63, 3.8) is 0 Å². The van der Waals surface area contributed by atoms with E-state index in [1.165, 1.54) is 70.6 Å². The SMILES string of the molecule is CCCCCCCCCCCCCCCCCC(=O)OCC(C)(COC(=O)[C@@H](NC(=O)OC(C)C1c2ccccc2-c2ccccc21)C(C)C)C(=O)OCc1ccccc1. The maximum Gasteiger partial charge on any atom is 0.408 e. The van der Waals surface area contributed by atoms with E-state index in [9.17, 15) is 19.2 Å². The van der Waals surface area contributed by atoms with Crippen molar-refractivity contribution in [3.8, 4) is 11.1 Å². The number of hydrogen-bond acceptors (Lipinski definition) is 8. The average molecular weight is 826 g/mol. The van der Waals surface area contributed by atoms with Crippen molar-refractivity contribution in [3.05, 3.63) is 95.6 Å². The van der Waals surface area contributed by atoms with Crippen molar-refractivity contribution in [2.24, 2.45) is 11.3 Å². The van der Waals surface area contributed by atoms with Gasteiger partial charge in [-0.25, -0.2) is 9.59 Å². The van der Waals surface area contributed by atoms with Gasteiger partial charge in [0, 0.05) is 12.3 Å². The lowest BCUT2D eigenvalue weighted by molar-refractivity contribution is -0.172. The highest BCUT2D eigenvalue weighted by Crippen LogP contribution is 2.46. The van der Waals surface area contributed by atoms with Crippen LogP contribution in [0.4, 0.5) is 4.79 Å². The molecule has 3 atom stereocenters. The molecule has 0 fully saturated rings. The molecule has 9 nitrogen and oxygen atoms in total. The summed E-state index contributed by atoms with van der Waals surface area (Å²) in [7, 11) is 0. The summed E-state index contributed by atoms with van der Waals surface area (Å²) in [6.07, 6.45) is 17.4. The third kappa shape index (κ3) is 15.4. The third-order valence-electron chi connectivity index (χ3n) is 11.6. The van der Waals surface area contributed by atoms with Gasteiger partial charge >= 0.3 is 24.0 Å². The Balaban J connectivity index is 1.24. The summed E-state index contributed by atoms with van der Waals surface area (Å²) in [5, 5.41) is 2.71. The highest BCUT2D eigenvalue weighted by Gasteiger charge is 2.40. The molecule has 0 aromatic heterocycles. The highest BCUT2D eigenvalue weighted by molar-refractivity contribution is 5.83.